The van der Waals surface area contributed by atoms with Crippen LogP contribution in [0.1, 0.15) is 32.3 Å². The summed E-state index contributed by atoms with van der Waals surface area (Å²) >= 11 is 0. The third-order valence-corrected chi connectivity index (χ3v) is 3.69. The van der Waals surface area contributed by atoms with E-state index >= 15 is 0 Å². The smallest absolute Gasteiger partial charge is 0.149 e. The van der Waals surface area contributed by atoms with Gasteiger partial charge in [-0.3, -0.25) is 0 Å². The summed E-state index contributed by atoms with van der Waals surface area (Å²) in [5, 5.41) is 8.91. The normalized spacial score (nSPS) is 19.1. The Morgan fingerprint density at radius 2 is 1.67 bits per heavy atom. The Morgan fingerprint density at radius 3 is 2.11 bits per heavy atom. The van der Waals surface area contributed by atoms with Crippen LogP contribution in [0.2, 0.25) is 0 Å². The molecule has 0 aliphatic carbocycles. The molecular weight excluding hydrogens is 236 g/mol. The fraction of sp³-hybridized carbons (Fsp3) is 0.571. The van der Waals surface area contributed by atoms with Gasteiger partial charge in [-0.2, -0.15) is 0 Å². The maximum absolute atomic E-state index is 13.9. The van der Waals surface area contributed by atoms with Crippen LogP contribution in [0.3, 0.4) is 0 Å². The number of rotatable bonds is 2. The fourth-order valence-corrected chi connectivity index (χ4v) is 2.35. The van der Waals surface area contributed by atoms with Gasteiger partial charge in [-0.25, -0.2) is 8.78 Å². The number of halogens is 2. The van der Waals surface area contributed by atoms with Crippen LogP contribution in [-0.4, -0.2) is 18.2 Å². The van der Waals surface area contributed by atoms with Crippen LogP contribution in [0.15, 0.2) is 12.1 Å². The van der Waals surface area contributed by atoms with Crippen LogP contribution in [-0.2, 0) is 6.61 Å². The zero-order valence-electron chi connectivity index (χ0n) is 10.8. The molecule has 1 N–H and O–H groups in total. The topological polar surface area (TPSA) is 23.5 Å². The minimum absolute atomic E-state index is 0.0442. The largest absolute Gasteiger partial charge is 0.392 e. The highest BCUT2D eigenvalue weighted by molar-refractivity contribution is 5.51. The van der Waals surface area contributed by atoms with Crippen LogP contribution in [0.4, 0.5) is 14.5 Å². The molecule has 0 saturated carbocycles. The molecule has 2 rings (SSSR count). The Kier molecular flexibility index (Phi) is 3.57. The molecule has 18 heavy (non-hydrogen) atoms. The van der Waals surface area contributed by atoms with E-state index in [1.165, 1.54) is 12.1 Å². The number of anilines is 1. The van der Waals surface area contributed by atoms with Gasteiger partial charge in [-0.15, -0.1) is 0 Å². The zero-order valence-corrected chi connectivity index (χ0v) is 10.8. The highest BCUT2D eigenvalue weighted by Gasteiger charge is 2.28. The molecular formula is C14H19F2NO. The average Bonchev–Trinajstić information content (AvgIpc) is 2.30. The van der Waals surface area contributed by atoms with E-state index in [0.717, 1.165) is 12.8 Å². The van der Waals surface area contributed by atoms with Crippen molar-refractivity contribution in [2.45, 2.75) is 33.3 Å². The molecule has 0 atom stereocenters. The molecule has 1 saturated heterocycles. The molecule has 2 nitrogen and oxygen atoms in total. The maximum atomic E-state index is 13.9. The van der Waals surface area contributed by atoms with E-state index in [1.807, 2.05) is 0 Å². The molecule has 0 radical (unpaired) electrons. The maximum Gasteiger partial charge on any atom is 0.149 e. The molecule has 0 aromatic heterocycles. The highest BCUT2D eigenvalue weighted by Crippen LogP contribution is 2.34. The van der Waals surface area contributed by atoms with E-state index < -0.39 is 11.6 Å². The first kappa shape index (κ1) is 13.3. The summed E-state index contributed by atoms with van der Waals surface area (Å²) in [5.41, 5.74) is 0.558. The van der Waals surface area contributed by atoms with Gasteiger partial charge < -0.3 is 10.0 Å². The number of hydrogen-bond acceptors (Lipinski definition) is 2. The Bertz CT molecular complexity index is 412. The van der Waals surface area contributed by atoms with Crippen molar-refractivity contribution < 1.29 is 13.9 Å². The third kappa shape index (κ3) is 2.64. The Balaban J connectivity index is 2.24. The Morgan fingerprint density at radius 1 is 1.17 bits per heavy atom. The van der Waals surface area contributed by atoms with Crippen molar-refractivity contribution in [1.82, 2.24) is 0 Å². The second kappa shape index (κ2) is 4.84. The summed E-state index contributed by atoms with van der Waals surface area (Å²) in [7, 11) is 0. The molecule has 0 spiro atoms. The van der Waals surface area contributed by atoms with Crippen molar-refractivity contribution in [3.8, 4) is 0 Å². The van der Waals surface area contributed by atoms with E-state index in [0.29, 0.717) is 13.1 Å². The molecule has 1 aromatic carbocycles. The van der Waals surface area contributed by atoms with Crippen molar-refractivity contribution in [3.63, 3.8) is 0 Å². The van der Waals surface area contributed by atoms with Gasteiger partial charge >= 0.3 is 0 Å². The highest BCUT2D eigenvalue weighted by atomic mass is 19.1. The van der Waals surface area contributed by atoms with Gasteiger partial charge in [0, 0.05) is 13.1 Å². The van der Waals surface area contributed by atoms with Crippen molar-refractivity contribution in [3.05, 3.63) is 29.3 Å². The second-order valence-corrected chi connectivity index (χ2v) is 5.72. The van der Waals surface area contributed by atoms with Crippen molar-refractivity contribution >= 4 is 5.69 Å². The van der Waals surface area contributed by atoms with Gasteiger partial charge in [-0.1, -0.05) is 13.8 Å². The lowest BCUT2D eigenvalue weighted by atomic mass is 9.82. The van der Waals surface area contributed by atoms with Gasteiger partial charge in [0.15, 0.2) is 0 Å². The minimum Gasteiger partial charge on any atom is -0.392 e. The molecule has 1 heterocycles. The molecule has 0 bridgehead atoms. The molecule has 100 valence electrons. The molecule has 1 aliphatic heterocycles. The number of hydrogen-bond donors (Lipinski definition) is 1. The van der Waals surface area contributed by atoms with Gasteiger partial charge in [0.1, 0.15) is 17.3 Å². The Hall–Kier alpha value is -1.16. The zero-order chi connectivity index (χ0) is 13.3. The van der Waals surface area contributed by atoms with Crippen molar-refractivity contribution in [2.75, 3.05) is 18.0 Å². The van der Waals surface area contributed by atoms with Gasteiger partial charge in [0.2, 0.25) is 0 Å². The monoisotopic (exact) mass is 255 g/mol. The molecule has 1 aromatic rings. The SMILES string of the molecule is CC1(C)CCN(c2c(F)cc(CO)cc2F)CC1. The van der Waals surface area contributed by atoms with Crippen LogP contribution >= 0.6 is 0 Å². The van der Waals surface area contributed by atoms with Crippen LogP contribution < -0.4 is 4.90 Å². The van der Waals surface area contributed by atoms with E-state index in [1.54, 1.807) is 4.90 Å². The van der Waals surface area contributed by atoms with E-state index in [9.17, 15) is 8.78 Å². The van der Waals surface area contributed by atoms with E-state index in [-0.39, 0.29) is 23.3 Å². The number of benzene rings is 1. The summed E-state index contributed by atoms with van der Waals surface area (Å²) < 4.78 is 27.8. The fourth-order valence-electron chi connectivity index (χ4n) is 2.35. The van der Waals surface area contributed by atoms with E-state index in [4.69, 9.17) is 5.11 Å². The number of piperidine rings is 1. The van der Waals surface area contributed by atoms with Crippen LogP contribution in [0.25, 0.3) is 0 Å². The number of aliphatic hydroxyl groups is 1. The summed E-state index contributed by atoms with van der Waals surface area (Å²) in [5.74, 6) is -1.17. The van der Waals surface area contributed by atoms with Gasteiger partial charge in [0.05, 0.1) is 6.61 Å². The van der Waals surface area contributed by atoms with Gasteiger partial charge in [-0.05, 0) is 36.0 Å². The van der Waals surface area contributed by atoms with Crippen LogP contribution in [0, 0.1) is 17.0 Å². The molecule has 1 aliphatic rings. The quantitative estimate of drug-likeness (QED) is 0.877. The molecule has 0 amide bonds. The minimum atomic E-state index is -0.584. The first-order chi connectivity index (χ1) is 8.43. The first-order valence-corrected chi connectivity index (χ1v) is 6.27. The third-order valence-electron chi connectivity index (χ3n) is 3.69. The van der Waals surface area contributed by atoms with Gasteiger partial charge in [0.25, 0.3) is 0 Å². The van der Waals surface area contributed by atoms with E-state index in [2.05, 4.69) is 13.8 Å². The second-order valence-electron chi connectivity index (χ2n) is 5.72. The Labute approximate surface area is 106 Å². The standard InChI is InChI=1S/C14H19F2NO/c1-14(2)3-5-17(6-4-14)13-11(15)7-10(9-18)8-12(13)16/h7-8,18H,3-6,9H2,1-2H3. The predicted molar refractivity (Wildman–Crippen MR) is 67.5 cm³/mol. The lowest BCUT2D eigenvalue weighted by Gasteiger charge is -2.38. The van der Waals surface area contributed by atoms with Crippen molar-refractivity contribution in [1.29, 1.82) is 0 Å². The first-order valence-electron chi connectivity index (χ1n) is 6.27. The predicted octanol–water partition coefficient (Wildman–Crippen LogP) is 3.08. The number of nitrogens with zero attached hydrogens (tertiary/aromatic N) is 1. The summed E-state index contributed by atoms with van der Waals surface area (Å²) in [6.45, 7) is 5.33. The lowest BCUT2D eigenvalue weighted by molar-refractivity contribution is 0.276. The summed E-state index contributed by atoms with van der Waals surface area (Å²) in [6.07, 6.45) is 1.85. The average molecular weight is 255 g/mol. The summed E-state index contributed by atoms with van der Waals surface area (Å²) in [4.78, 5) is 1.76. The molecule has 0 unspecified atom stereocenters. The number of aliphatic hydroxyl groups excluding tert-OH is 1. The lowest BCUT2D eigenvalue weighted by Crippen LogP contribution is -2.38. The molecule has 4 heteroatoms. The summed E-state index contributed by atoms with van der Waals surface area (Å²) in [6, 6.07) is 2.41. The molecule has 1 fully saturated rings. The van der Waals surface area contributed by atoms with Crippen molar-refractivity contribution in [2.24, 2.45) is 5.41 Å². The van der Waals surface area contributed by atoms with Crippen LogP contribution in [0.5, 0.6) is 0 Å².